The molecular formula is C52H39N. The van der Waals surface area contributed by atoms with Crippen LogP contribution in [0.3, 0.4) is 0 Å². The Kier molecular flexibility index (Phi) is 6.14. The Bertz CT molecular complexity index is 3000. The molecule has 0 amide bonds. The maximum Gasteiger partial charge on any atom is 0.0546 e. The van der Waals surface area contributed by atoms with E-state index in [1.165, 1.54) is 93.3 Å². The highest BCUT2D eigenvalue weighted by molar-refractivity contribution is 6.12. The van der Waals surface area contributed by atoms with Crippen molar-refractivity contribution in [3.05, 3.63) is 186 Å². The average Bonchev–Trinajstić information content (AvgIpc) is 3.56. The van der Waals surface area contributed by atoms with Crippen molar-refractivity contribution in [3.63, 3.8) is 0 Å². The van der Waals surface area contributed by atoms with Crippen LogP contribution < -0.4 is 4.90 Å². The van der Waals surface area contributed by atoms with Crippen molar-refractivity contribution in [1.29, 1.82) is 0 Å². The summed E-state index contributed by atoms with van der Waals surface area (Å²) in [5.74, 6) is 0. The van der Waals surface area contributed by atoms with Gasteiger partial charge in [0.05, 0.1) is 5.69 Å². The molecule has 53 heavy (non-hydrogen) atoms. The molecule has 252 valence electrons. The monoisotopic (exact) mass is 677 g/mol. The molecule has 9 aromatic rings. The summed E-state index contributed by atoms with van der Waals surface area (Å²) in [7, 11) is 0. The molecule has 0 spiro atoms. The second-order valence-corrected chi connectivity index (χ2v) is 16.1. The summed E-state index contributed by atoms with van der Waals surface area (Å²) >= 11 is 0. The molecule has 9 aromatic carbocycles. The second-order valence-electron chi connectivity index (χ2n) is 16.1. The lowest BCUT2D eigenvalue weighted by Gasteiger charge is -2.30. The van der Waals surface area contributed by atoms with Crippen molar-refractivity contribution in [3.8, 4) is 22.3 Å². The van der Waals surface area contributed by atoms with Gasteiger partial charge in [-0.1, -0.05) is 149 Å². The molecule has 0 aromatic heterocycles. The van der Waals surface area contributed by atoms with Crippen LogP contribution in [0.25, 0.3) is 65.3 Å². The molecule has 0 heterocycles. The van der Waals surface area contributed by atoms with Gasteiger partial charge in [0.1, 0.15) is 0 Å². The van der Waals surface area contributed by atoms with Gasteiger partial charge in [0.15, 0.2) is 0 Å². The molecule has 0 saturated heterocycles. The summed E-state index contributed by atoms with van der Waals surface area (Å²) < 4.78 is 0. The van der Waals surface area contributed by atoms with Crippen molar-refractivity contribution in [2.24, 2.45) is 0 Å². The smallest absolute Gasteiger partial charge is 0.0546 e. The first-order valence-corrected chi connectivity index (χ1v) is 18.9. The van der Waals surface area contributed by atoms with Gasteiger partial charge in [0.2, 0.25) is 0 Å². The standard InChI is InChI=1S/C52H39N/c1-51(2)44-26-23-32-14-8-10-18-38(32)48(44)42-29-34-22-25-37(28-35(34)30-46(42)51)53(36-16-6-5-7-17-36)47-31-43-49-39-19-11-9-15-33(39)24-27-45(49)52(3,4)50(43)41-21-13-12-20-40(41)47/h5-31H,1-4H3. The Balaban J connectivity index is 1.17. The highest BCUT2D eigenvalue weighted by atomic mass is 15.1. The van der Waals surface area contributed by atoms with Crippen molar-refractivity contribution in [2.75, 3.05) is 4.90 Å². The number of anilines is 3. The SMILES string of the molecule is CC1(C)c2cc3cc(N(c4ccccc4)c4cc5c(c6ccccc46)C(C)(C)c4ccc6ccccc6c4-5)ccc3cc2-c2c1ccc1ccccc21. The quantitative estimate of drug-likeness (QED) is 0.180. The van der Waals surface area contributed by atoms with Crippen LogP contribution in [0.5, 0.6) is 0 Å². The van der Waals surface area contributed by atoms with E-state index in [0.29, 0.717) is 0 Å². The van der Waals surface area contributed by atoms with E-state index >= 15 is 0 Å². The van der Waals surface area contributed by atoms with Crippen LogP contribution >= 0.6 is 0 Å². The minimum atomic E-state index is -0.135. The van der Waals surface area contributed by atoms with Gasteiger partial charge in [-0.25, -0.2) is 0 Å². The highest BCUT2D eigenvalue weighted by Gasteiger charge is 2.40. The largest absolute Gasteiger partial charge is 0.310 e. The van der Waals surface area contributed by atoms with Crippen molar-refractivity contribution >= 4 is 60.2 Å². The van der Waals surface area contributed by atoms with Crippen LogP contribution in [0.1, 0.15) is 49.9 Å². The molecule has 0 atom stereocenters. The normalized spacial score (nSPS) is 14.7. The number of benzene rings is 9. The van der Waals surface area contributed by atoms with E-state index in [9.17, 15) is 0 Å². The van der Waals surface area contributed by atoms with Gasteiger partial charge < -0.3 is 4.90 Å². The predicted molar refractivity (Wildman–Crippen MR) is 226 cm³/mol. The van der Waals surface area contributed by atoms with Gasteiger partial charge >= 0.3 is 0 Å². The van der Waals surface area contributed by atoms with E-state index in [0.717, 1.165) is 11.4 Å². The van der Waals surface area contributed by atoms with E-state index in [2.05, 4.69) is 196 Å². The van der Waals surface area contributed by atoms with Crippen LogP contribution in [0.15, 0.2) is 164 Å². The number of fused-ring (bicyclic) bond motifs is 13. The average molecular weight is 678 g/mol. The molecule has 0 bridgehead atoms. The molecule has 1 heteroatoms. The molecule has 2 aliphatic rings. The van der Waals surface area contributed by atoms with Crippen LogP contribution in [-0.2, 0) is 10.8 Å². The number of hydrogen-bond donors (Lipinski definition) is 0. The van der Waals surface area contributed by atoms with Crippen LogP contribution in [-0.4, -0.2) is 0 Å². The number of hydrogen-bond acceptors (Lipinski definition) is 1. The molecule has 1 nitrogen and oxygen atoms in total. The van der Waals surface area contributed by atoms with E-state index in [4.69, 9.17) is 0 Å². The molecule has 0 radical (unpaired) electrons. The fourth-order valence-electron chi connectivity index (χ4n) is 10.0. The van der Waals surface area contributed by atoms with Gasteiger partial charge in [-0.2, -0.15) is 0 Å². The van der Waals surface area contributed by atoms with Gasteiger partial charge in [0, 0.05) is 27.6 Å². The van der Waals surface area contributed by atoms with Crippen molar-refractivity contribution < 1.29 is 0 Å². The number of nitrogens with zero attached hydrogens (tertiary/aromatic N) is 1. The first-order chi connectivity index (χ1) is 25.8. The summed E-state index contributed by atoms with van der Waals surface area (Å²) in [6.45, 7) is 9.58. The topological polar surface area (TPSA) is 3.24 Å². The summed E-state index contributed by atoms with van der Waals surface area (Å²) in [5, 5.41) is 10.3. The van der Waals surface area contributed by atoms with E-state index < -0.39 is 0 Å². The molecule has 0 N–H and O–H groups in total. The zero-order chi connectivity index (χ0) is 35.6. The van der Waals surface area contributed by atoms with Gasteiger partial charge in [-0.05, 0) is 125 Å². The third-order valence-corrected chi connectivity index (χ3v) is 12.5. The summed E-state index contributed by atoms with van der Waals surface area (Å²) in [6.07, 6.45) is 0. The van der Waals surface area contributed by atoms with Crippen molar-refractivity contribution in [2.45, 2.75) is 38.5 Å². The van der Waals surface area contributed by atoms with Gasteiger partial charge in [-0.15, -0.1) is 0 Å². The van der Waals surface area contributed by atoms with Crippen LogP contribution in [0.2, 0.25) is 0 Å². The summed E-state index contributed by atoms with van der Waals surface area (Å²) in [4.78, 5) is 2.48. The van der Waals surface area contributed by atoms with Gasteiger partial charge in [-0.3, -0.25) is 0 Å². The molecule has 0 aliphatic heterocycles. The lowest BCUT2D eigenvalue weighted by Crippen LogP contribution is -2.16. The highest BCUT2D eigenvalue weighted by Crippen LogP contribution is 2.57. The number of rotatable bonds is 3. The Labute approximate surface area is 310 Å². The van der Waals surface area contributed by atoms with Gasteiger partial charge in [0.25, 0.3) is 0 Å². The van der Waals surface area contributed by atoms with Crippen LogP contribution in [0, 0.1) is 0 Å². The summed E-state index contributed by atoms with van der Waals surface area (Å²) in [6, 6.07) is 61.4. The maximum atomic E-state index is 2.49. The Morgan fingerprint density at radius 1 is 0.358 bits per heavy atom. The summed E-state index contributed by atoms with van der Waals surface area (Å²) in [5.41, 5.74) is 14.3. The zero-order valence-electron chi connectivity index (χ0n) is 30.5. The molecule has 0 saturated carbocycles. The minimum absolute atomic E-state index is 0.100. The number of para-hydroxylation sites is 1. The van der Waals surface area contributed by atoms with Crippen LogP contribution in [0.4, 0.5) is 17.1 Å². The Morgan fingerprint density at radius 2 is 0.925 bits per heavy atom. The third kappa shape index (κ3) is 4.14. The molecular weight excluding hydrogens is 639 g/mol. The lowest BCUT2D eigenvalue weighted by atomic mass is 9.79. The first-order valence-electron chi connectivity index (χ1n) is 18.9. The second kappa shape index (κ2) is 10.7. The Morgan fingerprint density at radius 3 is 1.62 bits per heavy atom. The molecule has 0 fully saturated rings. The van der Waals surface area contributed by atoms with Crippen molar-refractivity contribution in [1.82, 2.24) is 0 Å². The third-order valence-electron chi connectivity index (χ3n) is 12.5. The molecule has 0 unspecified atom stereocenters. The zero-order valence-corrected chi connectivity index (χ0v) is 30.5. The minimum Gasteiger partial charge on any atom is -0.310 e. The molecule has 2 aliphatic carbocycles. The van der Waals surface area contributed by atoms with E-state index in [-0.39, 0.29) is 10.8 Å². The fraction of sp³-hybridized carbons (Fsp3) is 0.115. The maximum absolute atomic E-state index is 2.49. The lowest BCUT2D eigenvalue weighted by molar-refractivity contribution is 0.661. The van der Waals surface area contributed by atoms with E-state index in [1.807, 2.05) is 0 Å². The predicted octanol–water partition coefficient (Wildman–Crippen LogP) is 14.4. The Hall–Kier alpha value is -6.18. The molecule has 11 rings (SSSR count). The first kappa shape index (κ1) is 30.4. The van der Waals surface area contributed by atoms with E-state index in [1.54, 1.807) is 0 Å². The fourth-order valence-corrected chi connectivity index (χ4v) is 10.0.